The summed E-state index contributed by atoms with van der Waals surface area (Å²) in [4.78, 5) is -0.165. The van der Waals surface area contributed by atoms with Crippen molar-refractivity contribution < 1.29 is 28.3 Å². The van der Waals surface area contributed by atoms with Crippen molar-refractivity contribution in [1.82, 2.24) is 9.88 Å². The molecule has 1 aromatic rings. The van der Waals surface area contributed by atoms with Crippen molar-refractivity contribution in [2.24, 2.45) is 0 Å². The third-order valence-electron chi connectivity index (χ3n) is 2.50. The molecule has 0 spiro atoms. The molecule has 0 aromatic carbocycles. The van der Waals surface area contributed by atoms with Gasteiger partial charge in [-0.2, -0.15) is 4.72 Å². The molecule has 1 heterocycles. The predicted molar refractivity (Wildman–Crippen MR) is 60.3 cm³/mol. The van der Waals surface area contributed by atoms with Crippen molar-refractivity contribution in [2.45, 2.75) is 24.3 Å². The zero-order valence-electron chi connectivity index (χ0n) is 10.0. The lowest BCUT2D eigenvalue weighted by Crippen LogP contribution is -2.56. The van der Waals surface area contributed by atoms with Gasteiger partial charge in [-0.15, -0.1) is 0 Å². The molecule has 0 radical (unpaired) electrons. The van der Waals surface area contributed by atoms with Crippen LogP contribution in [0.1, 0.15) is 11.5 Å². The van der Waals surface area contributed by atoms with Crippen LogP contribution in [-0.4, -0.2) is 54.3 Å². The van der Waals surface area contributed by atoms with Crippen molar-refractivity contribution in [1.29, 1.82) is 0 Å². The lowest BCUT2D eigenvalue weighted by molar-refractivity contribution is 0.0581. The zero-order valence-corrected chi connectivity index (χ0v) is 10.9. The summed E-state index contributed by atoms with van der Waals surface area (Å²) in [6.45, 7) is 0.629. The maximum atomic E-state index is 12.1. The molecule has 0 bridgehead atoms. The lowest BCUT2D eigenvalue weighted by Gasteiger charge is -2.28. The number of nitrogens with one attached hydrogen (secondary N) is 1. The van der Waals surface area contributed by atoms with Crippen molar-refractivity contribution >= 4 is 10.0 Å². The molecule has 0 atom stereocenters. The first kappa shape index (κ1) is 15.1. The van der Waals surface area contributed by atoms with Gasteiger partial charge in [-0.25, -0.2) is 8.42 Å². The Kier molecular flexibility index (Phi) is 4.46. The van der Waals surface area contributed by atoms with E-state index in [1.54, 1.807) is 0 Å². The van der Waals surface area contributed by atoms with E-state index in [9.17, 15) is 8.42 Å². The minimum absolute atomic E-state index is 0.0859. The molecular weight excluding hydrogens is 264 g/mol. The molecule has 0 amide bonds. The van der Waals surface area contributed by atoms with Gasteiger partial charge in [0.05, 0.1) is 19.8 Å². The highest BCUT2D eigenvalue weighted by molar-refractivity contribution is 7.89. The van der Waals surface area contributed by atoms with Crippen LogP contribution in [-0.2, 0) is 10.0 Å². The number of aliphatic hydroxyl groups excluding tert-OH is 3. The summed E-state index contributed by atoms with van der Waals surface area (Å²) in [7, 11) is -4.06. The fourth-order valence-corrected chi connectivity index (χ4v) is 3.15. The van der Waals surface area contributed by atoms with Gasteiger partial charge in [-0.1, -0.05) is 5.16 Å². The van der Waals surface area contributed by atoms with Crippen LogP contribution in [0.4, 0.5) is 0 Å². The molecule has 0 fully saturated rings. The van der Waals surface area contributed by atoms with E-state index in [1.807, 2.05) is 0 Å². The molecule has 9 heteroatoms. The van der Waals surface area contributed by atoms with Gasteiger partial charge < -0.3 is 19.8 Å². The molecule has 4 N–H and O–H groups in total. The number of aliphatic hydroxyl groups is 3. The van der Waals surface area contributed by atoms with Crippen LogP contribution in [0.15, 0.2) is 9.42 Å². The molecule has 0 aliphatic carbocycles. The number of aromatic nitrogens is 1. The summed E-state index contributed by atoms with van der Waals surface area (Å²) in [5.74, 6) is 0.0859. The molecule has 0 aliphatic heterocycles. The summed E-state index contributed by atoms with van der Waals surface area (Å²) in [6.07, 6.45) is 0. The van der Waals surface area contributed by atoms with Gasteiger partial charge in [0.25, 0.3) is 0 Å². The predicted octanol–water partition coefficient (Wildman–Crippen LogP) is -1.71. The number of nitrogens with zero attached hydrogens (tertiary/aromatic N) is 1. The van der Waals surface area contributed by atoms with Gasteiger partial charge in [0.2, 0.25) is 10.0 Å². The van der Waals surface area contributed by atoms with E-state index in [0.717, 1.165) is 0 Å². The van der Waals surface area contributed by atoms with E-state index in [2.05, 4.69) is 9.88 Å². The Morgan fingerprint density at radius 3 is 2.06 bits per heavy atom. The third-order valence-corrected chi connectivity index (χ3v) is 4.32. The van der Waals surface area contributed by atoms with E-state index in [1.165, 1.54) is 13.8 Å². The van der Waals surface area contributed by atoms with Crippen LogP contribution in [0.2, 0.25) is 0 Å². The Balaban J connectivity index is 3.17. The van der Waals surface area contributed by atoms with Gasteiger partial charge in [-0.05, 0) is 13.8 Å². The second-order valence-electron chi connectivity index (χ2n) is 4.01. The Hall–Kier alpha value is -1.00. The largest absolute Gasteiger partial charge is 0.394 e. The highest BCUT2D eigenvalue weighted by atomic mass is 32.2. The number of aryl methyl sites for hydroxylation is 2. The molecule has 0 saturated carbocycles. The SMILES string of the molecule is Cc1noc(C)c1S(=O)(=O)NC(CO)(CO)CO. The molecule has 8 nitrogen and oxygen atoms in total. The first-order valence-electron chi connectivity index (χ1n) is 5.11. The van der Waals surface area contributed by atoms with Crippen LogP contribution in [0, 0.1) is 13.8 Å². The molecule has 0 aliphatic rings. The fraction of sp³-hybridized carbons (Fsp3) is 0.667. The minimum atomic E-state index is -4.06. The third kappa shape index (κ3) is 2.70. The van der Waals surface area contributed by atoms with E-state index < -0.39 is 35.4 Å². The van der Waals surface area contributed by atoms with Crippen LogP contribution < -0.4 is 4.72 Å². The lowest BCUT2D eigenvalue weighted by atomic mass is 10.1. The smallest absolute Gasteiger partial charge is 0.246 e. The Bertz CT molecular complexity index is 477. The summed E-state index contributed by atoms with van der Waals surface area (Å²) in [6, 6.07) is 0. The summed E-state index contributed by atoms with van der Waals surface area (Å²) >= 11 is 0. The normalized spacial score (nSPS) is 12.9. The Morgan fingerprint density at radius 1 is 1.22 bits per heavy atom. The second kappa shape index (κ2) is 5.33. The molecule has 0 unspecified atom stereocenters. The van der Waals surface area contributed by atoms with Crippen LogP contribution in [0.5, 0.6) is 0 Å². The molecule has 1 aromatic heterocycles. The molecule has 1 rings (SSSR count). The highest BCUT2D eigenvalue weighted by Gasteiger charge is 2.36. The van der Waals surface area contributed by atoms with E-state index in [4.69, 9.17) is 19.8 Å². The van der Waals surface area contributed by atoms with E-state index >= 15 is 0 Å². The zero-order chi connectivity index (χ0) is 14.0. The van der Waals surface area contributed by atoms with Crippen LogP contribution >= 0.6 is 0 Å². The van der Waals surface area contributed by atoms with E-state index in [-0.39, 0.29) is 16.3 Å². The van der Waals surface area contributed by atoms with E-state index in [0.29, 0.717) is 0 Å². The van der Waals surface area contributed by atoms with Gasteiger partial charge >= 0.3 is 0 Å². The summed E-state index contributed by atoms with van der Waals surface area (Å²) < 4.78 is 31.0. The number of rotatable bonds is 6. The standard InChI is InChI=1S/C9H16N2O6S/c1-6-8(7(2)17-10-6)18(15,16)11-9(3-12,4-13)5-14/h11-14H,3-5H2,1-2H3. The van der Waals surface area contributed by atoms with Crippen molar-refractivity contribution in [3.05, 3.63) is 11.5 Å². The van der Waals surface area contributed by atoms with Crippen LogP contribution in [0.25, 0.3) is 0 Å². The second-order valence-corrected chi connectivity index (χ2v) is 5.63. The maximum Gasteiger partial charge on any atom is 0.246 e. The number of sulfonamides is 1. The van der Waals surface area contributed by atoms with Crippen molar-refractivity contribution in [2.75, 3.05) is 19.8 Å². The quantitative estimate of drug-likeness (QED) is 0.487. The maximum absolute atomic E-state index is 12.1. The van der Waals surface area contributed by atoms with Gasteiger partial charge in [0.1, 0.15) is 16.1 Å². The summed E-state index contributed by atoms with van der Waals surface area (Å²) in [5.41, 5.74) is -1.57. The first-order chi connectivity index (χ1) is 8.32. The topological polar surface area (TPSA) is 133 Å². The minimum Gasteiger partial charge on any atom is -0.394 e. The van der Waals surface area contributed by atoms with Gasteiger partial charge in [-0.3, -0.25) is 0 Å². The molecule has 104 valence electrons. The number of hydrogen-bond donors (Lipinski definition) is 4. The van der Waals surface area contributed by atoms with Gasteiger partial charge in [0.15, 0.2) is 5.76 Å². The number of hydrogen-bond acceptors (Lipinski definition) is 7. The van der Waals surface area contributed by atoms with Crippen molar-refractivity contribution in [3.63, 3.8) is 0 Å². The van der Waals surface area contributed by atoms with Gasteiger partial charge in [0, 0.05) is 0 Å². The molecule has 0 saturated heterocycles. The van der Waals surface area contributed by atoms with Crippen molar-refractivity contribution in [3.8, 4) is 0 Å². The fourth-order valence-electron chi connectivity index (χ4n) is 1.44. The summed E-state index contributed by atoms with van der Waals surface area (Å²) in [5, 5.41) is 30.8. The highest BCUT2D eigenvalue weighted by Crippen LogP contribution is 2.20. The average Bonchev–Trinajstić information content (AvgIpc) is 2.67. The monoisotopic (exact) mass is 280 g/mol. The molecule has 18 heavy (non-hydrogen) atoms. The average molecular weight is 280 g/mol. The molecular formula is C9H16N2O6S. The first-order valence-corrected chi connectivity index (χ1v) is 6.59. The Morgan fingerprint density at radius 2 is 1.72 bits per heavy atom. The Labute approximate surface area is 104 Å². The van der Waals surface area contributed by atoms with Crippen LogP contribution in [0.3, 0.4) is 0 Å².